The van der Waals surface area contributed by atoms with Gasteiger partial charge in [-0.2, -0.15) is 0 Å². The number of benzene rings is 3. The lowest BCUT2D eigenvalue weighted by molar-refractivity contribution is -0.132. The van der Waals surface area contributed by atoms with Crippen molar-refractivity contribution >= 4 is 28.8 Å². The monoisotopic (exact) mass is 426 g/mol. The molecular weight excluding hydrogens is 400 g/mol. The van der Waals surface area contributed by atoms with E-state index in [0.29, 0.717) is 11.3 Å². The number of carbonyl (C=O) groups excluding carboxylic acids is 2. The third kappa shape index (κ3) is 3.66. The second-order valence-corrected chi connectivity index (χ2v) is 8.31. The van der Waals surface area contributed by atoms with Gasteiger partial charge in [-0.1, -0.05) is 48.0 Å². The van der Waals surface area contributed by atoms with Crippen LogP contribution in [0.15, 0.2) is 78.4 Å². The smallest absolute Gasteiger partial charge is 0.300 e. The van der Waals surface area contributed by atoms with Crippen molar-refractivity contribution in [3.05, 3.63) is 101 Å². The van der Waals surface area contributed by atoms with Crippen LogP contribution in [0.1, 0.15) is 28.3 Å². The van der Waals surface area contributed by atoms with Crippen molar-refractivity contribution in [2.24, 2.45) is 0 Å². The maximum atomic E-state index is 13.2. The molecule has 5 heteroatoms. The molecule has 0 aromatic heterocycles. The van der Waals surface area contributed by atoms with Crippen LogP contribution >= 0.6 is 0 Å². The van der Waals surface area contributed by atoms with E-state index in [0.717, 1.165) is 22.4 Å². The van der Waals surface area contributed by atoms with Crippen molar-refractivity contribution in [1.82, 2.24) is 0 Å². The number of anilines is 2. The average molecular weight is 427 g/mol. The molecule has 0 spiro atoms. The summed E-state index contributed by atoms with van der Waals surface area (Å²) in [4.78, 5) is 29.9. The van der Waals surface area contributed by atoms with Gasteiger partial charge in [-0.25, -0.2) is 0 Å². The topological polar surface area (TPSA) is 60.9 Å². The number of Topliss-reactive ketones (excluding diaryl/α,β-unsaturated/α-hetero) is 1. The summed E-state index contributed by atoms with van der Waals surface area (Å²) in [7, 11) is 3.90. The lowest BCUT2D eigenvalue weighted by Gasteiger charge is -2.26. The van der Waals surface area contributed by atoms with Crippen LogP contribution in [0.2, 0.25) is 0 Å². The first-order valence-electron chi connectivity index (χ1n) is 10.5. The molecular formula is C27H26N2O3. The Balaban J connectivity index is 1.95. The molecule has 1 saturated heterocycles. The summed E-state index contributed by atoms with van der Waals surface area (Å²) in [6.07, 6.45) is 0. The molecule has 162 valence electrons. The molecule has 5 nitrogen and oxygen atoms in total. The van der Waals surface area contributed by atoms with Crippen LogP contribution in [0, 0.1) is 13.8 Å². The number of aryl methyl sites for hydroxylation is 2. The minimum Gasteiger partial charge on any atom is -0.507 e. The molecule has 1 aliphatic rings. The number of hydrogen-bond acceptors (Lipinski definition) is 4. The first-order valence-corrected chi connectivity index (χ1v) is 10.5. The Morgan fingerprint density at radius 1 is 0.906 bits per heavy atom. The van der Waals surface area contributed by atoms with E-state index in [1.54, 1.807) is 12.1 Å². The van der Waals surface area contributed by atoms with Crippen LogP contribution in [0.4, 0.5) is 11.4 Å². The molecule has 1 N–H and O–H groups in total. The van der Waals surface area contributed by atoms with Gasteiger partial charge in [0.1, 0.15) is 5.76 Å². The van der Waals surface area contributed by atoms with Crippen molar-refractivity contribution in [2.75, 3.05) is 23.9 Å². The molecule has 0 aliphatic carbocycles. The van der Waals surface area contributed by atoms with Gasteiger partial charge < -0.3 is 10.0 Å². The number of carbonyl (C=O) groups is 2. The summed E-state index contributed by atoms with van der Waals surface area (Å²) in [6, 6.07) is 21.8. The second-order valence-electron chi connectivity index (χ2n) is 8.31. The summed E-state index contributed by atoms with van der Waals surface area (Å²) in [6.45, 7) is 3.80. The van der Waals surface area contributed by atoms with Gasteiger partial charge in [0.25, 0.3) is 11.7 Å². The zero-order valence-electron chi connectivity index (χ0n) is 18.7. The molecule has 4 rings (SSSR count). The molecule has 0 bridgehead atoms. The molecule has 1 fully saturated rings. The van der Waals surface area contributed by atoms with Gasteiger partial charge in [0.2, 0.25) is 0 Å². The highest BCUT2D eigenvalue weighted by atomic mass is 16.3. The van der Waals surface area contributed by atoms with Gasteiger partial charge in [-0.3, -0.25) is 14.5 Å². The van der Waals surface area contributed by atoms with Crippen molar-refractivity contribution < 1.29 is 14.7 Å². The zero-order chi connectivity index (χ0) is 23.0. The van der Waals surface area contributed by atoms with Gasteiger partial charge in [0, 0.05) is 31.0 Å². The Morgan fingerprint density at radius 3 is 2.19 bits per heavy atom. The van der Waals surface area contributed by atoms with E-state index in [4.69, 9.17) is 0 Å². The molecule has 3 aromatic carbocycles. The van der Waals surface area contributed by atoms with Gasteiger partial charge in [0.05, 0.1) is 11.6 Å². The number of nitrogens with zero attached hydrogens (tertiary/aromatic N) is 2. The number of aliphatic hydroxyl groups excluding tert-OH is 1. The van der Waals surface area contributed by atoms with E-state index in [1.807, 2.05) is 93.5 Å². The summed E-state index contributed by atoms with van der Waals surface area (Å²) in [5.74, 6) is -1.48. The molecule has 0 radical (unpaired) electrons. The maximum absolute atomic E-state index is 13.2. The molecule has 1 aliphatic heterocycles. The van der Waals surface area contributed by atoms with Gasteiger partial charge >= 0.3 is 0 Å². The van der Waals surface area contributed by atoms with Crippen LogP contribution in [-0.2, 0) is 9.59 Å². The third-order valence-corrected chi connectivity index (χ3v) is 5.85. The number of rotatable bonds is 4. The van der Waals surface area contributed by atoms with Gasteiger partial charge in [0.15, 0.2) is 0 Å². The van der Waals surface area contributed by atoms with Crippen LogP contribution in [-0.4, -0.2) is 30.9 Å². The number of para-hydroxylation sites is 1. The zero-order valence-corrected chi connectivity index (χ0v) is 18.7. The number of ketones is 1. The molecule has 1 atom stereocenters. The van der Waals surface area contributed by atoms with Crippen molar-refractivity contribution in [1.29, 1.82) is 0 Å². The Morgan fingerprint density at radius 2 is 1.56 bits per heavy atom. The van der Waals surface area contributed by atoms with Crippen LogP contribution in [0.5, 0.6) is 0 Å². The Hall–Kier alpha value is -3.86. The molecule has 1 amide bonds. The first kappa shape index (κ1) is 21.4. The minimum atomic E-state index is -0.728. The predicted molar refractivity (Wildman–Crippen MR) is 128 cm³/mol. The number of amides is 1. The van der Waals surface area contributed by atoms with Crippen molar-refractivity contribution in [3.8, 4) is 0 Å². The Bertz CT molecular complexity index is 1210. The van der Waals surface area contributed by atoms with E-state index in [2.05, 4.69) is 0 Å². The highest BCUT2D eigenvalue weighted by Gasteiger charge is 2.47. The number of aliphatic hydroxyl groups is 1. The normalized spacial score (nSPS) is 17.6. The van der Waals surface area contributed by atoms with Crippen molar-refractivity contribution in [2.45, 2.75) is 19.9 Å². The molecule has 1 heterocycles. The lowest BCUT2D eigenvalue weighted by atomic mass is 9.93. The molecule has 32 heavy (non-hydrogen) atoms. The summed E-state index contributed by atoms with van der Waals surface area (Å²) < 4.78 is 0. The fourth-order valence-electron chi connectivity index (χ4n) is 4.09. The molecule has 3 aromatic rings. The standard InChI is InChI=1S/C27H26N2O3/c1-17-10-11-18(2)22(16-17)25(30)23-24(19-12-14-20(15-13-19)28(3)4)29(27(32)26(23)31)21-8-6-5-7-9-21/h5-16,24,30H,1-4H3/b25-23+. The second kappa shape index (κ2) is 8.35. The maximum Gasteiger partial charge on any atom is 0.300 e. The van der Waals surface area contributed by atoms with Crippen LogP contribution in [0.3, 0.4) is 0 Å². The summed E-state index contributed by atoms with van der Waals surface area (Å²) >= 11 is 0. The number of hydrogen-bond donors (Lipinski definition) is 1. The highest BCUT2D eigenvalue weighted by Crippen LogP contribution is 2.42. The largest absolute Gasteiger partial charge is 0.507 e. The van der Waals surface area contributed by atoms with E-state index in [-0.39, 0.29) is 11.3 Å². The Labute approximate surface area is 188 Å². The van der Waals surface area contributed by atoms with E-state index in [9.17, 15) is 14.7 Å². The molecule has 1 unspecified atom stereocenters. The third-order valence-electron chi connectivity index (χ3n) is 5.85. The lowest BCUT2D eigenvalue weighted by Crippen LogP contribution is -2.29. The van der Waals surface area contributed by atoms with E-state index >= 15 is 0 Å². The summed E-state index contributed by atoms with van der Waals surface area (Å²) in [5.41, 5.74) is 4.82. The quantitative estimate of drug-likeness (QED) is 0.363. The van der Waals surface area contributed by atoms with Crippen molar-refractivity contribution in [3.63, 3.8) is 0 Å². The first-order chi connectivity index (χ1) is 15.3. The van der Waals surface area contributed by atoms with Gasteiger partial charge in [-0.05, 0) is 55.3 Å². The van der Waals surface area contributed by atoms with E-state index < -0.39 is 17.7 Å². The van der Waals surface area contributed by atoms with Gasteiger partial charge in [-0.15, -0.1) is 0 Å². The highest BCUT2D eigenvalue weighted by molar-refractivity contribution is 6.51. The van der Waals surface area contributed by atoms with E-state index in [1.165, 1.54) is 4.90 Å². The Kier molecular flexibility index (Phi) is 5.57. The summed E-state index contributed by atoms with van der Waals surface area (Å²) in [5, 5.41) is 11.3. The molecule has 0 saturated carbocycles. The SMILES string of the molecule is Cc1ccc(C)c(/C(O)=C2\C(=O)C(=O)N(c3ccccc3)C2c2ccc(N(C)C)cc2)c1. The predicted octanol–water partition coefficient (Wildman–Crippen LogP) is 5.00. The van der Waals surface area contributed by atoms with Crippen LogP contribution < -0.4 is 9.80 Å². The fraction of sp³-hybridized carbons (Fsp3) is 0.185. The average Bonchev–Trinajstić information content (AvgIpc) is 3.06. The minimum absolute atomic E-state index is 0.102. The van der Waals surface area contributed by atoms with Crippen LogP contribution in [0.25, 0.3) is 5.76 Å². The fourth-order valence-corrected chi connectivity index (χ4v) is 4.09.